The predicted molar refractivity (Wildman–Crippen MR) is 52.0 cm³/mol. The van der Waals surface area contributed by atoms with E-state index in [4.69, 9.17) is 0 Å². The monoisotopic (exact) mass is 246 g/mol. The van der Waals surface area contributed by atoms with E-state index in [0.29, 0.717) is 6.54 Å². The molecule has 0 aliphatic carbocycles. The zero-order valence-corrected chi connectivity index (χ0v) is 8.88. The molecule has 1 unspecified atom stereocenters. The van der Waals surface area contributed by atoms with Crippen molar-refractivity contribution in [2.45, 2.75) is 31.5 Å². The van der Waals surface area contributed by atoms with Crippen molar-refractivity contribution in [1.29, 1.82) is 0 Å². The van der Waals surface area contributed by atoms with E-state index in [1.165, 1.54) is 0 Å². The normalized spacial score (nSPS) is 20.9. The molecule has 1 aliphatic heterocycles. The Hall–Kier alpha value is -0.490. The van der Waals surface area contributed by atoms with Crippen LogP contribution in [0.25, 0.3) is 0 Å². The molecule has 1 rings (SSSR count). The average Bonchev–Trinajstić information content (AvgIpc) is 2.52. The van der Waals surface area contributed by atoms with Crippen LogP contribution in [0.1, 0.15) is 19.3 Å². The van der Waals surface area contributed by atoms with Gasteiger partial charge in [0.25, 0.3) is 0 Å². The van der Waals surface area contributed by atoms with Crippen molar-refractivity contribution in [2.24, 2.45) is 0 Å². The molecular weight excluding hydrogens is 233 g/mol. The number of hydrogen-bond acceptors (Lipinski definition) is 2. The summed E-state index contributed by atoms with van der Waals surface area (Å²) in [5, 5.41) is 5.56. The summed E-state index contributed by atoms with van der Waals surface area (Å²) in [6.07, 6.45) is -4.97. The molecule has 1 aliphatic rings. The van der Waals surface area contributed by atoms with Gasteiger partial charge in [-0.25, -0.2) is 0 Å². The first-order chi connectivity index (χ1) is 6.47. The quantitative estimate of drug-likeness (QED) is 0.787. The van der Waals surface area contributed by atoms with Crippen molar-refractivity contribution >= 4 is 18.3 Å². The maximum absolute atomic E-state index is 11.7. The van der Waals surface area contributed by atoms with Gasteiger partial charge in [-0.3, -0.25) is 4.79 Å². The Morgan fingerprint density at radius 3 is 2.60 bits per heavy atom. The van der Waals surface area contributed by atoms with Crippen molar-refractivity contribution in [3.63, 3.8) is 0 Å². The zero-order valence-electron chi connectivity index (χ0n) is 8.06. The van der Waals surface area contributed by atoms with E-state index in [0.717, 1.165) is 13.0 Å². The van der Waals surface area contributed by atoms with E-state index >= 15 is 0 Å². The van der Waals surface area contributed by atoms with Gasteiger partial charge in [0.2, 0.25) is 5.91 Å². The predicted octanol–water partition coefficient (Wildman–Crippen LogP) is 1.23. The molecule has 1 heterocycles. The first-order valence-corrected chi connectivity index (χ1v) is 4.54. The zero-order chi connectivity index (χ0) is 10.6. The Morgan fingerprint density at radius 2 is 2.13 bits per heavy atom. The highest BCUT2D eigenvalue weighted by Crippen LogP contribution is 2.21. The summed E-state index contributed by atoms with van der Waals surface area (Å²) in [6.45, 7) is 1.46. The smallest absolute Gasteiger partial charge is 0.352 e. The molecule has 0 aromatic heterocycles. The molecule has 3 nitrogen and oxygen atoms in total. The van der Waals surface area contributed by atoms with E-state index in [9.17, 15) is 18.0 Å². The van der Waals surface area contributed by atoms with Crippen LogP contribution in [0.3, 0.4) is 0 Å². The number of hydrogen-bond donors (Lipinski definition) is 2. The molecule has 15 heavy (non-hydrogen) atoms. The SMILES string of the molecule is Cl.O=C(CCC(F)(F)F)NC1CCNC1. The lowest BCUT2D eigenvalue weighted by molar-refractivity contribution is -0.144. The van der Waals surface area contributed by atoms with Gasteiger partial charge in [0.15, 0.2) is 0 Å². The van der Waals surface area contributed by atoms with Crippen LogP contribution >= 0.6 is 12.4 Å². The van der Waals surface area contributed by atoms with E-state index < -0.39 is 24.9 Å². The summed E-state index contributed by atoms with van der Waals surface area (Å²) >= 11 is 0. The fourth-order valence-electron chi connectivity index (χ4n) is 1.33. The second-order valence-electron chi connectivity index (χ2n) is 3.37. The van der Waals surface area contributed by atoms with Crippen LogP contribution in [0.5, 0.6) is 0 Å². The molecule has 0 saturated carbocycles. The van der Waals surface area contributed by atoms with E-state index in [-0.39, 0.29) is 18.4 Å². The Labute approximate surface area is 92.2 Å². The van der Waals surface area contributed by atoms with Gasteiger partial charge >= 0.3 is 6.18 Å². The van der Waals surface area contributed by atoms with Gasteiger partial charge in [-0.2, -0.15) is 13.2 Å². The molecular formula is C8H14ClF3N2O. The Kier molecular flexibility index (Phi) is 5.97. The van der Waals surface area contributed by atoms with Gasteiger partial charge in [-0.1, -0.05) is 0 Å². The van der Waals surface area contributed by atoms with Crippen molar-refractivity contribution in [3.05, 3.63) is 0 Å². The van der Waals surface area contributed by atoms with Crippen LogP contribution in [0.2, 0.25) is 0 Å². The van der Waals surface area contributed by atoms with Crippen LogP contribution < -0.4 is 10.6 Å². The largest absolute Gasteiger partial charge is 0.389 e. The van der Waals surface area contributed by atoms with E-state index in [1.54, 1.807) is 0 Å². The lowest BCUT2D eigenvalue weighted by Gasteiger charge is -2.11. The number of alkyl halides is 3. The van der Waals surface area contributed by atoms with Crippen LogP contribution in [0.4, 0.5) is 13.2 Å². The molecule has 0 radical (unpaired) electrons. The number of nitrogens with one attached hydrogen (secondary N) is 2. The first-order valence-electron chi connectivity index (χ1n) is 4.54. The summed E-state index contributed by atoms with van der Waals surface area (Å²) in [4.78, 5) is 11.0. The van der Waals surface area contributed by atoms with Crippen molar-refractivity contribution in [2.75, 3.05) is 13.1 Å². The molecule has 2 N–H and O–H groups in total. The molecule has 1 fully saturated rings. The van der Waals surface area contributed by atoms with Crippen molar-refractivity contribution < 1.29 is 18.0 Å². The summed E-state index contributed by atoms with van der Waals surface area (Å²) in [6, 6.07) is -0.00395. The third kappa shape index (κ3) is 6.57. The van der Waals surface area contributed by atoms with E-state index in [1.807, 2.05) is 0 Å². The maximum Gasteiger partial charge on any atom is 0.389 e. The number of halogens is 4. The topological polar surface area (TPSA) is 41.1 Å². The number of amides is 1. The first kappa shape index (κ1) is 14.5. The molecule has 0 aromatic carbocycles. The van der Waals surface area contributed by atoms with Crippen molar-refractivity contribution in [3.8, 4) is 0 Å². The molecule has 1 saturated heterocycles. The Balaban J connectivity index is 0.00000196. The van der Waals surface area contributed by atoms with Gasteiger partial charge in [0.05, 0.1) is 6.42 Å². The van der Waals surface area contributed by atoms with Crippen LogP contribution in [-0.2, 0) is 4.79 Å². The lowest BCUT2D eigenvalue weighted by Crippen LogP contribution is -2.36. The number of carbonyl (C=O) groups is 1. The van der Waals surface area contributed by atoms with Crippen LogP contribution in [0.15, 0.2) is 0 Å². The van der Waals surface area contributed by atoms with Gasteiger partial charge in [-0.15, -0.1) is 12.4 Å². The molecule has 1 amide bonds. The molecule has 7 heteroatoms. The highest BCUT2D eigenvalue weighted by Gasteiger charge is 2.28. The standard InChI is InChI=1S/C8H13F3N2O.ClH/c9-8(10,11)3-1-7(14)13-6-2-4-12-5-6;/h6,12H,1-5H2,(H,13,14);1H. The minimum Gasteiger partial charge on any atom is -0.352 e. The Bertz CT molecular complexity index is 205. The third-order valence-electron chi connectivity index (χ3n) is 2.06. The summed E-state index contributed by atoms with van der Waals surface area (Å²) in [5.74, 6) is -0.518. The van der Waals surface area contributed by atoms with Gasteiger partial charge < -0.3 is 10.6 Å². The minimum absolute atomic E-state index is 0. The van der Waals surface area contributed by atoms with Crippen LogP contribution in [-0.4, -0.2) is 31.2 Å². The molecule has 1 atom stereocenters. The fraction of sp³-hybridized carbons (Fsp3) is 0.875. The minimum atomic E-state index is -4.24. The molecule has 0 spiro atoms. The third-order valence-corrected chi connectivity index (χ3v) is 2.06. The van der Waals surface area contributed by atoms with Gasteiger partial charge in [0.1, 0.15) is 0 Å². The maximum atomic E-state index is 11.7. The van der Waals surface area contributed by atoms with Gasteiger partial charge in [-0.05, 0) is 13.0 Å². The Morgan fingerprint density at radius 1 is 1.47 bits per heavy atom. The van der Waals surface area contributed by atoms with Gasteiger partial charge in [0, 0.05) is 19.0 Å². The van der Waals surface area contributed by atoms with Crippen LogP contribution in [0, 0.1) is 0 Å². The number of rotatable bonds is 3. The fourth-order valence-corrected chi connectivity index (χ4v) is 1.33. The molecule has 90 valence electrons. The average molecular weight is 247 g/mol. The highest BCUT2D eigenvalue weighted by molar-refractivity contribution is 5.85. The number of carbonyl (C=O) groups excluding carboxylic acids is 1. The highest BCUT2D eigenvalue weighted by atomic mass is 35.5. The lowest BCUT2D eigenvalue weighted by atomic mass is 10.2. The molecule has 0 aromatic rings. The molecule has 0 bridgehead atoms. The second kappa shape index (κ2) is 6.17. The van der Waals surface area contributed by atoms with E-state index in [2.05, 4.69) is 10.6 Å². The summed E-state index contributed by atoms with van der Waals surface area (Å²) < 4.78 is 35.2. The summed E-state index contributed by atoms with van der Waals surface area (Å²) in [5.41, 5.74) is 0. The second-order valence-corrected chi connectivity index (χ2v) is 3.37. The van der Waals surface area contributed by atoms with Crippen molar-refractivity contribution in [1.82, 2.24) is 10.6 Å². The summed E-state index contributed by atoms with van der Waals surface area (Å²) in [7, 11) is 0.